The molecular weight excluding hydrogens is 260 g/mol. The molecule has 1 unspecified atom stereocenters. The molecule has 1 fully saturated rings. The Hall–Kier alpha value is -1.31. The van der Waals surface area contributed by atoms with Crippen molar-refractivity contribution >= 4 is 5.97 Å². The highest BCUT2D eigenvalue weighted by molar-refractivity contribution is 5.79. The molecule has 0 amide bonds. The van der Waals surface area contributed by atoms with E-state index < -0.39 is 5.97 Å². The Morgan fingerprint density at radius 1 is 1.24 bits per heavy atom. The summed E-state index contributed by atoms with van der Waals surface area (Å²) in [5, 5.41) is 8.63. The lowest BCUT2D eigenvalue weighted by atomic mass is 9.92. The Morgan fingerprint density at radius 2 is 2.05 bits per heavy atom. The summed E-state index contributed by atoms with van der Waals surface area (Å²) < 4.78 is 0. The first-order chi connectivity index (χ1) is 10.1. The maximum atomic E-state index is 10.5. The van der Waals surface area contributed by atoms with Gasteiger partial charge < -0.3 is 5.11 Å². The van der Waals surface area contributed by atoms with Crippen LogP contribution in [0.3, 0.4) is 0 Å². The van der Waals surface area contributed by atoms with Gasteiger partial charge in [0.2, 0.25) is 0 Å². The molecule has 1 rings (SSSR count). The smallest absolute Gasteiger partial charge is 0.327 e. The van der Waals surface area contributed by atoms with Gasteiger partial charge in [-0.2, -0.15) is 0 Å². The summed E-state index contributed by atoms with van der Waals surface area (Å²) in [6.07, 6.45) is 18.6. The molecule has 2 nitrogen and oxygen atoms in total. The number of carboxylic acids is 1. The van der Waals surface area contributed by atoms with Gasteiger partial charge in [-0.05, 0) is 63.7 Å². The molecule has 1 aliphatic rings. The molecule has 1 aliphatic carbocycles. The Kier molecular flexibility index (Phi) is 8.80. The van der Waals surface area contributed by atoms with E-state index in [2.05, 4.69) is 25.7 Å². The predicted octanol–water partition coefficient (Wildman–Crippen LogP) is 5.52. The van der Waals surface area contributed by atoms with Gasteiger partial charge >= 0.3 is 5.97 Å². The molecule has 118 valence electrons. The largest absolute Gasteiger partial charge is 0.478 e. The molecule has 0 bridgehead atoms. The van der Waals surface area contributed by atoms with Crippen LogP contribution in [-0.4, -0.2) is 11.1 Å². The number of carbonyl (C=O) groups is 1. The molecule has 0 heterocycles. The van der Waals surface area contributed by atoms with E-state index in [4.69, 9.17) is 5.11 Å². The second-order valence-electron chi connectivity index (χ2n) is 6.32. The monoisotopic (exact) mass is 290 g/mol. The fourth-order valence-corrected chi connectivity index (χ4v) is 3.09. The maximum absolute atomic E-state index is 10.5. The van der Waals surface area contributed by atoms with E-state index in [1.54, 1.807) is 0 Å². The van der Waals surface area contributed by atoms with Gasteiger partial charge in [0, 0.05) is 6.08 Å². The number of allylic oxidation sites excluding steroid dienone is 4. The van der Waals surface area contributed by atoms with Gasteiger partial charge in [0.1, 0.15) is 0 Å². The summed E-state index contributed by atoms with van der Waals surface area (Å²) in [4.78, 5) is 10.5. The third-order valence-electron chi connectivity index (χ3n) is 4.27. The molecule has 2 atom stereocenters. The lowest BCUT2D eigenvalue weighted by Crippen LogP contribution is -2.04. The van der Waals surface area contributed by atoms with E-state index >= 15 is 0 Å². The molecule has 0 saturated heterocycles. The number of rotatable bonds is 10. The van der Waals surface area contributed by atoms with Crippen molar-refractivity contribution in [3.63, 3.8) is 0 Å². The molecule has 0 aromatic heterocycles. The van der Waals surface area contributed by atoms with E-state index in [0.29, 0.717) is 11.8 Å². The predicted molar refractivity (Wildman–Crippen MR) is 89.3 cm³/mol. The molecule has 21 heavy (non-hydrogen) atoms. The zero-order chi connectivity index (χ0) is 15.5. The number of hydrogen-bond acceptors (Lipinski definition) is 1. The minimum Gasteiger partial charge on any atom is -0.478 e. The van der Waals surface area contributed by atoms with Crippen LogP contribution in [-0.2, 0) is 4.79 Å². The van der Waals surface area contributed by atoms with Crippen molar-refractivity contribution in [1.29, 1.82) is 0 Å². The van der Waals surface area contributed by atoms with Crippen LogP contribution in [0.25, 0.3) is 0 Å². The lowest BCUT2D eigenvalue weighted by Gasteiger charge is -2.13. The summed E-state index contributed by atoms with van der Waals surface area (Å²) in [7, 11) is 0. The third kappa shape index (κ3) is 8.54. The highest BCUT2D eigenvalue weighted by Crippen LogP contribution is 2.35. The minimum absolute atomic E-state index is 0.639. The van der Waals surface area contributed by atoms with Crippen molar-refractivity contribution in [2.75, 3.05) is 0 Å². The molecule has 0 aliphatic heterocycles. The quantitative estimate of drug-likeness (QED) is 0.327. The number of carboxylic acid groups (broad SMARTS) is 1. The minimum atomic E-state index is -0.838. The average molecular weight is 290 g/mol. The van der Waals surface area contributed by atoms with Crippen LogP contribution in [0.1, 0.15) is 64.7 Å². The molecule has 0 aromatic rings. The molecule has 1 N–H and O–H groups in total. The third-order valence-corrected chi connectivity index (χ3v) is 4.27. The molecule has 0 radical (unpaired) electrons. The van der Waals surface area contributed by atoms with E-state index in [1.807, 2.05) is 6.08 Å². The van der Waals surface area contributed by atoms with E-state index in [1.165, 1.54) is 56.6 Å². The van der Waals surface area contributed by atoms with Crippen LogP contribution >= 0.6 is 0 Å². The normalized spacial score (nSPS) is 22.3. The van der Waals surface area contributed by atoms with E-state index in [-0.39, 0.29) is 0 Å². The SMILES string of the molecule is C=C(C)CCCCC/C=C/[C@@H]1CCCC1C/C=C/C(=O)O. The summed E-state index contributed by atoms with van der Waals surface area (Å²) >= 11 is 0. The zero-order valence-electron chi connectivity index (χ0n) is 13.4. The fourth-order valence-electron chi connectivity index (χ4n) is 3.09. The topological polar surface area (TPSA) is 37.3 Å². The van der Waals surface area contributed by atoms with Crippen LogP contribution in [0, 0.1) is 11.8 Å². The van der Waals surface area contributed by atoms with Gasteiger partial charge in [-0.15, -0.1) is 6.58 Å². The average Bonchev–Trinajstić information content (AvgIpc) is 2.84. The fraction of sp³-hybridized carbons (Fsp3) is 0.632. The maximum Gasteiger partial charge on any atom is 0.327 e. The summed E-state index contributed by atoms with van der Waals surface area (Å²) in [6, 6.07) is 0. The summed E-state index contributed by atoms with van der Waals surface area (Å²) in [6.45, 7) is 6.02. The first-order valence-electron chi connectivity index (χ1n) is 8.30. The van der Waals surface area contributed by atoms with Crippen molar-refractivity contribution in [1.82, 2.24) is 0 Å². The number of hydrogen-bond donors (Lipinski definition) is 1. The molecule has 2 heteroatoms. The van der Waals surface area contributed by atoms with Crippen molar-refractivity contribution in [3.05, 3.63) is 36.5 Å². The van der Waals surface area contributed by atoms with Crippen LogP contribution in [0.15, 0.2) is 36.5 Å². The van der Waals surface area contributed by atoms with Crippen molar-refractivity contribution < 1.29 is 9.90 Å². The zero-order valence-corrected chi connectivity index (χ0v) is 13.4. The van der Waals surface area contributed by atoms with Gasteiger partial charge in [0.25, 0.3) is 0 Å². The molecule has 0 spiro atoms. The Labute approximate surface area is 129 Å². The lowest BCUT2D eigenvalue weighted by molar-refractivity contribution is -0.131. The van der Waals surface area contributed by atoms with Crippen molar-refractivity contribution in [3.8, 4) is 0 Å². The van der Waals surface area contributed by atoms with Crippen molar-refractivity contribution in [2.24, 2.45) is 11.8 Å². The summed E-state index contributed by atoms with van der Waals surface area (Å²) in [5.74, 6) is 0.453. The van der Waals surface area contributed by atoms with Crippen LogP contribution in [0.5, 0.6) is 0 Å². The van der Waals surface area contributed by atoms with Gasteiger partial charge in [0.05, 0.1) is 0 Å². The van der Waals surface area contributed by atoms with Gasteiger partial charge in [-0.3, -0.25) is 0 Å². The standard InChI is InChI=1S/C19H30O2/c1-16(2)10-6-4-3-5-7-11-17-12-8-13-18(17)14-9-15-19(20)21/h7,9,11,15,17-18H,1,3-6,8,10,12-14H2,2H3,(H,20,21)/b11-7+,15-9+/t17-,18?/m1/s1. The van der Waals surface area contributed by atoms with Crippen LogP contribution < -0.4 is 0 Å². The van der Waals surface area contributed by atoms with Crippen molar-refractivity contribution in [2.45, 2.75) is 64.7 Å². The van der Waals surface area contributed by atoms with Gasteiger partial charge in [-0.25, -0.2) is 4.79 Å². The molecule has 0 aromatic carbocycles. The summed E-state index contributed by atoms with van der Waals surface area (Å²) in [5.41, 5.74) is 1.29. The van der Waals surface area contributed by atoms with Crippen LogP contribution in [0.2, 0.25) is 0 Å². The first kappa shape index (κ1) is 17.7. The van der Waals surface area contributed by atoms with Gasteiger partial charge in [-0.1, -0.05) is 36.6 Å². The van der Waals surface area contributed by atoms with Gasteiger partial charge in [0.15, 0.2) is 0 Å². The highest BCUT2D eigenvalue weighted by Gasteiger charge is 2.23. The number of unbranched alkanes of at least 4 members (excludes halogenated alkanes) is 3. The Balaban J connectivity index is 2.18. The number of aliphatic carboxylic acids is 1. The second kappa shape index (κ2) is 10.4. The highest BCUT2D eigenvalue weighted by atomic mass is 16.4. The molecular formula is C19H30O2. The Bertz CT molecular complexity index is 379. The molecule has 1 saturated carbocycles. The second-order valence-corrected chi connectivity index (χ2v) is 6.32. The van der Waals surface area contributed by atoms with E-state index in [0.717, 1.165) is 12.8 Å². The van der Waals surface area contributed by atoms with Crippen LogP contribution in [0.4, 0.5) is 0 Å². The Morgan fingerprint density at radius 3 is 2.76 bits per heavy atom. The first-order valence-corrected chi connectivity index (χ1v) is 8.30. The van der Waals surface area contributed by atoms with E-state index in [9.17, 15) is 4.79 Å².